The predicted molar refractivity (Wildman–Crippen MR) is 95.7 cm³/mol. The van der Waals surface area contributed by atoms with Crippen molar-refractivity contribution in [3.63, 3.8) is 0 Å². The lowest BCUT2D eigenvalue weighted by molar-refractivity contribution is -0.384. The summed E-state index contributed by atoms with van der Waals surface area (Å²) in [5.74, 6) is -0.0858. The third-order valence-electron chi connectivity index (χ3n) is 4.28. The van der Waals surface area contributed by atoms with Gasteiger partial charge in [-0.2, -0.15) is 0 Å². The number of hydrogen-bond donors (Lipinski definition) is 0. The molecular weight excluding hydrogens is 342 g/mol. The van der Waals surface area contributed by atoms with Crippen molar-refractivity contribution in [3.8, 4) is 0 Å². The highest BCUT2D eigenvalue weighted by Gasteiger charge is 2.22. The van der Waals surface area contributed by atoms with E-state index < -0.39 is 4.92 Å². The van der Waals surface area contributed by atoms with E-state index in [1.165, 1.54) is 24.3 Å². The molecule has 0 radical (unpaired) electrons. The summed E-state index contributed by atoms with van der Waals surface area (Å²) in [5.41, 5.74) is 1.62. The maximum Gasteiger partial charge on any atom is 0.269 e. The summed E-state index contributed by atoms with van der Waals surface area (Å²) in [7, 11) is 0. The zero-order valence-electron chi connectivity index (χ0n) is 13.6. The standard InChI is InChI=1S/C18H18ClN3O3/c19-16-3-1-2-14(12-16)13-20-8-10-21(11-9-20)18(23)15-4-6-17(7-5-15)22(24)25/h1-7,12H,8-11,13H2. The predicted octanol–water partition coefficient (Wildman–Crippen LogP) is 3.21. The van der Waals surface area contributed by atoms with Crippen LogP contribution in [0.3, 0.4) is 0 Å². The summed E-state index contributed by atoms with van der Waals surface area (Å²) in [6, 6.07) is 13.5. The van der Waals surface area contributed by atoms with Crippen LogP contribution in [0, 0.1) is 10.1 Å². The number of halogens is 1. The molecule has 2 aromatic rings. The van der Waals surface area contributed by atoms with Gasteiger partial charge in [0.1, 0.15) is 0 Å². The van der Waals surface area contributed by atoms with Crippen LogP contribution in [0.4, 0.5) is 5.69 Å². The molecule has 0 aromatic heterocycles. The van der Waals surface area contributed by atoms with Crippen molar-refractivity contribution >= 4 is 23.2 Å². The van der Waals surface area contributed by atoms with E-state index in [0.29, 0.717) is 18.7 Å². The Labute approximate surface area is 150 Å². The number of nitro groups is 1. The fraction of sp³-hybridized carbons (Fsp3) is 0.278. The van der Waals surface area contributed by atoms with Gasteiger partial charge in [-0.05, 0) is 29.8 Å². The van der Waals surface area contributed by atoms with Crippen LogP contribution in [-0.2, 0) is 6.54 Å². The van der Waals surface area contributed by atoms with Gasteiger partial charge in [0.05, 0.1) is 4.92 Å². The Hall–Kier alpha value is -2.44. The first-order valence-electron chi connectivity index (χ1n) is 8.03. The molecule has 1 aliphatic rings. The zero-order valence-corrected chi connectivity index (χ0v) is 14.4. The van der Waals surface area contributed by atoms with Gasteiger partial charge < -0.3 is 4.90 Å². The first-order chi connectivity index (χ1) is 12.0. The van der Waals surface area contributed by atoms with Crippen LogP contribution in [-0.4, -0.2) is 46.8 Å². The van der Waals surface area contributed by atoms with E-state index in [4.69, 9.17) is 11.6 Å². The highest BCUT2D eigenvalue weighted by atomic mass is 35.5. The Bertz CT molecular complexity index is 771. The maximum absolute atomic E-state index is 12.5. The Kier molecular flexibility index (Phi) is 5.31. The summed E-state index contributed by atoms with van der Waals surface area (Å²) in [5, 5.41) is 11.4. The molecule has 1 aliphatic heterocycles. The minimum Gasteiger partial charge on any atom is -0.336 e. The zero-order chi connectivity index (χ0) is 17.8. The summed E-state index contributed by atoms with van der Waals surface area (Å²) >= 11 is 6.01. The molecule has 0 bridgehead atoms. The molecule has 130 valence electrons. The van der Waals surface area contributed by atoms with Crippen molar-refractivity contribution in [2.45, 2.75) is 6.54 Å². The lowest BCUT2D eigenvalue weighted by Crippen LogP contribution is -2.48. The molecule has 1 fully saturated rings. The molecule has 3 rings (SSSR count). The van der Waals surface area contributed by atoms with E-state index >= 15 is 0 Å². The van der Waals surface area contributed by atoms with Crippen LogP contribution in [0.15, 0.2) is 48.5 Å². The fourth-order valence-corrected chi connectivity index (χ4v) is 3.12. The molecule has 0 saturated carbocycles. The molecule has 2 aromatic carbocycles. The van der Waals surface area contributed by atoms with Gasteiger partial charge >= 0.3 is 0 Å². The molecule has 7 heteroatoms. The highest BCUT2D eigenvalue weighted by molar-refractivity contribution is 6.30. The minimum absolute atomic E-state index is 0.0112. The average molecular weight is 360 g/mol. The monoisotopic (exact) mass is 359 g/mol. The van der Waals surface area contributed by atoms with Gasteiger partial charge in [-0.25, -0.2) is 0 Å². The molecule has 25 heavy (non-hydrogen) atoms. The van der Waals surface area contributed by atoms with E-state index in [1.54, 1.807) is 4.90 Å². The van der Waals surface area contributed by atoms with Crippen LogP contribution in [0.2, 0.25) is 5.02 Å². The number of non-ortho nitro benzene ring substituents is 1. The number of hydrogen-bond acceptors (Lipinski definition) is 4. The fourth-order valence-electron chi connectivity index (χ4n) is 2.91. The molecule has 0 aliphatic carbocycles. The van der Waals surface area contributed by atoms with Gasteiger partial charge in [-0.3, -0.25) is 19.8 Å². The van der Waals surface area contributed by atoms with E-state index in [2.05, 4.69) is 4.90 Å². The van der Waals surface area contributed by atoms with Gasteiger partial charge in [0, 0.05) is 55.4 Å². The molecular formula is C18H18ClN3O3. The second kappa shape index (κ2) is 7.63. The second-order valence-corrected chi connectivity index (χ2v) is 6.44. The van der Waals surface area contributed by atoms with E-state index in [9.17, 15) is 14.9 Å². The number of nitro benzene ring substituents is 1. The molecule has 0 atom stereocenters. The maximum atomic E-state index is 12.5. The summed E-state index contributed by atoms with van der Waals surface area (Å²) in [4.78, 5) is 26.8. The highest BCUT2D eigenvalue weighted by Crippen LogP contribution is 2.16. The molecule has 0 spiro atoms. The van der Waals surface area contributed by atoms with Crippen LogP contribution < -0.4 is 0 Å². The van der Waals surface area contributed by atoms with Gasteiger partial charge in [0.2, 0.25) is 0 Å². The SMILES string of the molecule is O=C(c1ccc([N+](=O)[O-])cc1)N1CCN(Cc2cccc(Cl)c2)CC1. The lowest BCUT2D eigenvalue weighted by atomic mass is 10.1. The normalized spacial score (nSPS) is 15.2. The number of piperazine rings is 1. The van der Waals surface area contributed by atoms with Gasteiger partial charge in [0.25, 0.3) is 11.6 Å². The van der Waals surface area contributed by atoms with E-state index in [1.807, 2.05) is 24.3 Å². The van der Waals surface area contributed by atoms with E-state index in [-0.39, 0.29) is 11.6 Å². The van der Waals surface area contributed by atoms with Crippen molar-refractivity contribution in [3.05, 3.63) is 74.8 Å². The molecule has 0 unspecified atom stereocenters. The third kappa shape index (κ3) is 4.35. The number of carbonyl (C=O) groups is 1. The van der Waals surface area contributed by atoms with Crippen molar-refractivity contribution in [1.82, 2.24) is 9.80 Å². The van der Waals surface area contributed by atoms with Crippen LogP contribution in [0.5, 0.6) is 0 Å². The summed E-state index contributed by atoms with van der Waals surface area (Å²) in [6.07, 6.45) is 0. The number of nitrogens with zero attached hydrogens (tertiary/aromatic N) is 3. The van der Waals surface area contributed by atoms with E-state index in [0.717, 1.165) is 30.2 Å². The topological polar surface area (TPSA) is 66.7 Å². The molecule has 6 nitrogen and oxygen atoms in total. The van der Waals surface area contributed by atoms with Gasteiger partial charge in [-0.15, -0.1) is 0 Å². The van der Waals surface area contributed by atoms with Crippen molar-refractivity contribution in [2.24, 2.45) is 0 Å². The van der Waals surface area contributed by atoms with Crippen molar-refractivity contribution in [1.29, 1.82) is 0 Å². The first-order valence-corrected chi connectivity index (χ1v) is 8.41. The Morgan fingerprint density at radius 1 is 1.08 bits per heavy atom. The Morgan fingerprint density at radius 3 is 2.36 bits per heavy atom. The number of benzene rings is 2. The number of rotatable bonds is 4. The largest absolute Gasteiger partial charge is 0.336 e. The average Bonchev–Trinajstić information content (AvgIpc) is 2.62. The minimum atomic E-state index is -0.469. The smallest absolute Gasteiger partial charge is 0.269 e. The molecule has 1 heterocycles. The second-order valence-electron chi connectivity index (χ2n) is 6.00. The summed E-state index contributed by atoms with van der Waals surface area (Å²) < 4.78 is 0. The molecule has 0 N–H and O–H groups in total. The third-order valence-corrected chi connectivity index (χ3v) is 4.51. The quantitative estimate of drug-likeness (QED) is 0.621. The van der Waals surface area contributed by atoms with Gasteiger partial charge in [-0.1, -0.05) is 23.7 Å². The number of amides is 1. The summed E-state index contributed by atoms with van der Waals surface area (Å²) in [6.45, 7) is 3.64. The molecule has 1 saturated heterocycles. The van der Waals surface area contributed by atoms with Crippen LogP contribution in [0.1, 0.15) is 15.9 Å². The Morgan fingerprint density at radius 2 is 1.76 bits per heavy atom. The van der Waals surface area contributed by atoms with Crippen molar-refractivity contribution < 1.29 is 9.72 Å². The van der Waals surface area contributed by atoms with Crippen LogP contribution >= 0.6 is 11.6 Å². The Balaban J connectivity index is 1.56. The first kappa shape index (κ1) is 17.4. The molecule has 1 amide bonds. The van der Waals surface area contributed by atoms with Crippen LogP contribution in [0.25, 0.3) is 0 Å². The number of carbonyl (C=O) groups excluding carboxylic acids is 1. The lowest BCUT2D eigenvalue weighted by Gasteiger charge is -2.34. The van der Waals surface area contributed by atoms with Crippen molar-refractivity contribution in [2.75, 3.05) is 26.2 Å². The van der Waals surface area contributed by atoms with Gasteiger partial charge in [0.15, 0.2) is 0 Å².